The van der Waals surface area contributed by atoms with Gasteiger partial charge in [0.2, 0.25) is 0 Å². The van der Waals surface area contributed by atoms with Crippen LogP contribution in [0.2, 0.25) is 0 Å². The van der Waals surface area contributed by atoms with Crippen molar-refractivity contribution >= 4 is 33.1 Å². The van der Waals surface area contributed by atoms with Gasteiger partial charge in [-0.3, -0.25) is 0 Å². The summed E-state index contributed by atoms with van der Waals surface area (Å²) in [5.74, 6) is 0.919. The predicted molar refractivity (Wildman–Crippen MR) is 98.8 cm³/mol. The molecule has 2 aromatic heterocycles. The third-order valence-electron chi connectivity index (χ3n) is 3.47. The molecule has 0 aliphatic rings. The maximum absolute atomic E-state index is 9.26. The van der Waals surface area contributed by atoms with E-state index < -0.39 is 0 Å². The molecule has 0 aliphatic heterocycles. The standard InChI is InChI=1S/C17H18BrN3OS/c1-12-2-7-15(23-12)11-19-17-10-16(20-21(17)8-9-22)13-3-5-14(18)6-4-13/h2-7,10,19,22H,8-9,11H2,1H3. The molecule has 2 heterocycles. The van der Waals surface area contributed by atoms with Crippen molar-refractivity contribution < 1.29 is 5.11 Å². The molecule has 0 fully saturated rings. The van der Waals surface area contributed by atoms with Crippen LogP contribution in [-0.4, -0.2) is 21.5 Å². The SMILES string of the molecule is Cc1ccc(CNc2cc(-c3ccc(Br)cc3)nn2CCO)s1. The molecular weight excluding hydrogens is 374 g/mol. The molecule has 120 valence electrons. The Balaban J connectivity index is 1.81. The van der Waals surface area contributed by atoms with Gasteiger partial charge in [-0.25, -0.2) is 4.68 Å². The molecule has 0 aliphatic carbocycles. The maximum atomic E-state index is 9.26. The minimum Gasteiger partial charge on any atom is -0.394 e. The summed E-state index contributed by atoms with van der Waals surface area (Å²) in [6, 6.07) is 14.3. The van der Waals surface area contributed by atoms with Crippen LogP contribution in [0.1, 0.15) is 9.75 Å². The first-order valence-corrected chi connectivity index (χ1v) is 9.00. The van der Waals surface area contributed by atoms with Crippen molar-refractivity contribution in [2.45, 2.75) is 20.0 Å². The molecular formula is C17H18BrN3OS. The molecule has 0 amide bonds. The van der Waals surface area contributed by atoms with Gasteiger partial charge in [-0.2, -0.15) is 5.10 Å². The number of hydrogen-bond acceptors (Lipinski definition) is 4. The molecule has 0 atom stereocenters. The summed E-state index contributed by atoms with van der Waals surface area (Å²) >= 11 is 5.23. The number of anilines is 1. The molecule has 3 rings (SSSR count). The van der Waals surface area contributed by atoms with Crippen LogP contribution in [0.3, 0.4) is 0 Å². The summed E-state index contributed by atoms with van der Waals surface area (Å²) in [6.45, 7) is 3.40. The van der Waals surface area contributed by atoms with Gasteiger partial charge in [0.15, 0.2) is 0 Å². The lowest BCUT2D eigenvalue weighted by Gasteiger charge is -2.07. The van der Waals surface area contributed by atoms with E-state index in [1.165, 1.54) is 9.75 Å². The minimum atomic E-state index is 0.0637. The highest BCUT2D eigenvalue weighted by molar-refractivity contribution is 9.10. The monoisotopic (exact) mass is 391 g/mol. The lowest BCUT2D eigenvalue weighted by atomic mass is 10.1. The highest BCUT2D eigenvalue weighted by Crippen LogP contribution is 2.24. The van der Waals surface area contributed by atoms with Gasteiger partial charge >= 0.3 is 0 Å². The molecule has 0 unspecified atom stereocenters. The van der Waals surface area contributed by atoms with Crippen molar-refractivity contribution in [1.82, 2.24) is 9.78 Å². The average Bonchev–Trinajstić information content (AvgIpc) is 3.13. The summed E-state index contributed by atoms with van der Waals surface area (Å²) < 4.78 is 2.86. The molecule has 3 aromatic rings. The van der Waals surface area contributed by atoms with Gasteiger partial charge in [0.05, 0.1) is 25.4 Å². The number of thiophene rings is 1. The van der Waals surface area contributed by atoms with Crippen LogP contribution in [0.15, 0.2) is 46.9 Å². The topological polar surface area (TPSA) is 50.1 Å². The fraction of sp³-hybridized carbons (Fsp3) is 0.235. The zero-order valence-corrected chi connectivity index (χ0v) is 15.2. The molecule has 0 saturated carbocycles. The van der Waals surface area contributed by atoms with Crippen LogP contribution in [0.5, 0.6) is 0 Å². The zero-order valence-electron chi connectivity index (χ0n) is 12.8. The fourth-order valence-corrected chi connectivity index (χ4v) is 3.44. The molecule has 0 bridgehead atoms. The highest BCUT2D eigenvalue weighted by Gasteiger charge is 2.09. The molecule has 0 radical (unpaired) electrons. The van der Waals surface area contributed by atoms with E-state index >= 15 is 0 Å². The van der Waals surface area contributed by atoms with Crippen molar-refractivity contribution in [3.63, 3.8) is 0 Å². The average molecular weight is 392 g/mol. The maximum Gasteiger partial charge on any atom is 0.125 e. The van der Waals surface area contributed by atoms with Gasteiger partial charge in [-0.1, -0.05) is 28.1 Å². The minimum absolute atomic E-state index is 0.0637. The van der Waals surface area contributed by atoms with Crippen LogP contribution >= 0.6 is 27.3 Å². The predicted octanol–water partition coefficient (Wildman–Crippen LogP) is 4.29. The number of rotatable bonds is 6. The van der Waals surface area contributed by atoms with E-state index in [4.69, 9.17) is 0 Å². The van der Waals surface area contributed by atoms with Crippen molar-refractivity contribution in [2.75, 3.05) is 11.9 Å². The molecule has 0 saturated heterocycles. The van der Waals surface area contributed by atoms with Crippen LogP contribution in [-0.2, 0) is 13.1 Å². The number of hydrogen-bond donors (Lipinski definition) is 2. The smallest absolute Gasteiger partial charge is 0.125 e. The van der Waals surface area contributed by atoms with Crippen LogP contribution in [0.25, 0.3) is 11.3 Å². The summed E-state index contributed by atoms with van der Waals surface area (Å²) in [6.07, 6.45) is 0. The zero-order chi connectivity index (χ0) is 16.2. The Morgan fingerprint density at radius 3 is 2.65 bits per heavy atom. The Kier molecular flexibility index (Phi) is 5.15. The van der Waals surface area contributed by atoms with E-state index in [0.29, 0.717) is 6.54 Å². The number of nitrogens with zero attached hydrogens (tertiary/aromatic N) is 2. The Morgan fingerprint density at radius 2 is 2.00 bits per heavy atom. The molecule has 1 aromatic carbocycles. The number of aliphatic hydroxyl groups excluding tert-OH is 1. The van der Waals surface area contributed by atoms with Gasteiger partial charge in [0.1, 0.15) is 5.82 Å². The van der Waals surface area contributed by atoms with E-state index in [9.17, 15) is 5.11 Å². The van der Waals surface area contributed by atoms with Gasteiger partial charge in [0.25, 0.3) is 0 Å². The Labute approximate surface area is 147 Å². The molecule has 23 heavy (non-hydrogen) atoms. The largest absolute Gasteiger partial charge is 0.394 e. The summed E-state index contributed by atoms with van der Waals surface area (Å²) in [7, 11) is 0. The third kappa shape index (κ3) is 4.02. The van der Waals surface area contributed by atoms with E-state index in [1.54, 1.807) is 11.3 Å². The lowest BCUT2D eigenvalue weighted by Crippen LogP contribution is -2.09. The quantitative estimate of drug-likeness (QED) is 0.658. The Morgan fingerprint density at radius 1 is 1.22 bits per heavy atom. The van der Waals surface area contributed by atoms with Gasteiger partial charge < -0.3 is 10.4 Å². The van der Waals surface area contributed by atoms with Crippen LogP contribution < -0.4 is 5.32 Å². The van der Waals surface area contributed by atoms with Crippen molar-refractivity contribution in [2.24, 2.45) is 0 Å². The van der Waals surface area contributed by atoms with E-state index in [0.717, 1.165) is 28.1 Å². The normalized spacial score (nSPS) is 10.9. The van der Waals surface area contributed by atoms with Crippen LogP contribution in [0, 0.1) is 6.92 Å². The second-order valence-corrected chi connectivity index (χ2v) is 7.52. The number of nitrogens with one attached hydrogen (secondary N) is 1. The van der Waals surface area contributed by atoms with Crippen molar-refractivity contribution in [3.8, 4) is 11.3 Å². The van der Waals surface area contributed by atoms with E-state index in [2.05, 4.69) is 45.4 Å². The van der Waals surface area contributed by atoms with Gasteiger partial charge in [-0.15, -0.1) is 11.3 Å². The molecule has 4 nitrogen and oxygen atoms in total. The first kappa shape index (κ1) is 16.2. The second-order valence-electron chi connectivity index (χ2n) is 5.23. The number of benzene rings is 1. The summed E-state index contributed by atoms with van der Waals surface area (Å²) in [5.41, 5.74) is 1.95. The highest BCUT2D eigenvalue weighted by atomic mass is 79.9. The molecule has 6 heteroatoms. The third-order valence-corrected chi connectivity index (χ3v) is 5.00. The van der Waals surface area contributed by atoms with E-state index in [1.807, 2.05) is 35.0 Å². The molecule has 2 N–H and O–H groups in total. The second kappa shape index (κ2) is 7.29. The number of halogens is 1. The number of aryl methyl sites for hydroxylation is 1. The Bertz CT molecular complexity index is 779. The lowest BCUT2D eigenvalue weighted by molar-refractivity contribution is 0.270. The van der Waals surface area contributed by atoms with Gasteiger partial charge in [-0.05, 0) is 31.2 Å². The van der Waals surface area contributed by atoms with Crippen molar-refractivity contribution in [1.29, 1.82) is 0 Å². The van der Waals surface area contributed by atoms with E-state index in [-0.39, 0.29) is 6.61 Å². The first-order valence-electron chi connectivity index (χ1n) is 7.39. The van der Waals surface area contributed by atoms with Crippen molar-refractivity contribution in [3.05, 3.63) is 56.7 Å². The fourth-order valence-electron chi connectivity index (χ4n) is 2.34. The number of aliphatic hydroxyl groups is 1. The summed E-state index contributed by atoms with van der Waals surface area (Å²) in [4.78, 5) is 2.59. The number of aromatic nitrogens is 2. The Hall–Kier alpha value is -1.63. The van der Waals surface area contributed by atoms with Crippen LogP contribution in [0.4, 0.5) is 5.82 Å². The summed E-state index contributed by atoms with van der Waals surface area (Å²) in [5, 5.41) is 17.3. The first-order chi connectivity index (χ1) is 11.2. The molecule has 0 spiro atoms. The van der Waals surface area contributed by atoms with Gasteiger partial charge in [0, 0.05) is 25.9 Å².